The van der Waals surface area contributed by atoms with Crippen LogP contribution in [0.5, 0.6) is 11.5 Å². The summed E-state index contributed by atoms with van der Waals surface area (Å²) in [6.45, 7) is 4.84. The molecule has 0 saturated carbocycles. The van der Waals surface area contributed by atoms with Gasteiger partial charge in [-0.2, -0.15) is 0 Å². The van der Waals surface area contributed by atoms with E-state index in [9.17, 15) is 9.59 Å². The molecule has 3 rings (SSSR count). The first kappa shape index (κ1) is 21.3. The molecule has 154 valence electrons. The zero-order valence-electron chi connectivity index (χ0n) is 16.3. The molecule has 8 heteroatoms. The molecule has 1 aliphatic heterocycles. The van der Waals surface area contributed by atoms with Gasteiger partial charge in [0, 0.05) is 24.2 Å². The van der Waals surface area contributed by atoms with Gasteiger partial charge >= 0.3 is 0 Å². The van der Waals surface area contributed by atoms with Crippen LogP contribution < -0.4 is 20.1 Å². The van der Waals surface area contributed by atoms with E-state index < -0.39 is 5.25 Å². The zero-order valence-corrected chi connectivity index (χ0v) is 17.9. The monoisotopic (exact) mass is 434 g/mol. The van der Waals surface area contributed by atoms with Crippen molar-refractivity contribution in [2.24, 2.45) is 0 Å². The number of carbonyl (C=O) groups is 2. The van der Waals surface area contributed by atoms with Crippen LogP contribution >= 0.6 is 23.4 Å². The molecule has 1 atom stereocenters. The lowest BCUT2D eigenvalue weighted by Crippen LogP contribution is -2.25. The van der Waals surface area contributed by atoms with Crippen LogP contribution in [0.1, 0.15) is 18.9 Å². The van der Waals surface area contributed by atoms with Crippen molar-refractivity contribution in [2.75, 3.05) is 29.6 Å². The Morgan fingerprint density at radius 3 is 2.45 bits per heavy atom. The van der Waals surface area contributed by atoms with Crippen molar-refractivity contribution >= 4 is 46.6 Å². The van der Waals surface area contributed by atoms with Crippen LogP contribution in [0.25, 0.3) is 0 Å². The molecule has 0 aromatic heterocycles. The average Bonchev–Trinajstić information content (AvgIpc) is 2.93. The van der Waals surface area contributed by atoms with Gasteiger partial charge in [-0.1, -0.05) is 29.3 Å². The summed E-state index contributed by atoms with van der Waals surface area (Å²) >= 11 is 7.52. The van der Waals surface area contributed by atoms with Crippen molar-refractivity contribution in [2.45, 2.75) is 25.5 Å². The second-order valence-corrected chi connectivity index (χ2v) is 8.42. The van der Waals surface area contributed by atoms with Crippen molar-refractivity contribution < 1.29 is 19.1 Å². The summed E-state index contributed by atoms with van der Waals surface area (Å²) in [6, 6.07) is 10.9. The topological polar surface area (TPSA) is 76.7 Å². The third-order valence-corrected chi connectivity index (χ3v) is 5.72. The van der Waals surface area contributed by atoms with E-state index >= 15 is 0 Å². The predicted molar refractivity (Wildman–Crippen MR) is 117 cm³/mol. The number of amides is 2. The van der Waals surface area contributed by atoms with E-state index in [0.29, 0.717) is 35.4 Å². The molecular formula is C21H23ClN2O4S. The minimum Gasteiger partial charge on any atom is -0.490 e. The van der Waals surface area contributed by atoms with Gasteiger partial charge in [-0.05, 0) is 26.0 Å². The number of thioether (sulfide) groups is 1. The summed E-state index contributed by atoms with van der Waals surface area (Å²) < 4.78 is 11.2. The van der Waals surface area contributed by atoms with E-state index in [1.165, 1.54) is 11.8 Å². The number of halogens is 1. The molecule has 1 unspecified atom stereocenters. The summed E-state index contributed by atoms with van der Waals surface area (Å²) in [5.74, 6) is 0.888. The van der Waals surface area contributed by atoms with E-state index in [1.807, 2.05) is 31.2 Å². The average molecular weight is 435 g/mol. The quantitative estimate of drug-likeness (QED) is 0.699. The first-order chi connectivity index (χ1) is 13.9. The van der Waals surface area contributed by atoms with Gasteiger partial charge < -0.3 is 20.1 Å². The fourth-order valence-corrected chi connectivity index (χ4v) is 3.51. The summed E-state index contributed by atoms with van der Waals surface area (Å²) in [6.07, 6.45) is 0.784. The van der Waals surface area contributed by atoms with E-state index in [0.717, 1.165) is 17.7 Å². The van der Waals surface area contributed by atoms with Gasteiger partial charge in [0.15, 0.2) is 11.5 Å². The lowest BCUT2D eigenvalue weighted by atomic mass is 10.2. The molecule has 6 nitrogen and oxygen atoms in total. The summed E-state index contributed by atoms with van der Waals surface area (Å²) in [7, 11) is 0. The molecule has 2 aromatic rings. The van der Waals surface area contributed by atoms with Gasteiger partial charge in [0.05, 0.1) is 34.9 Å². The highest BCUT2D eigenvalue weighted by atomic mass is 35.5. The van der Waals surface area contributed by atoms with Crippen LogP contribution in [0.4, 0.5) is 11.4 Å². The smallest absolute Gasteiger partial charge is 0.237 e. The maximum atomic E-state index is 12.5. The molecule has 0 spiro atoms. The number of benzene rings is 2. The van der Waals surface area contributed by atoms with E-state index in [2.05, 4.69) is 10.6 Å². The standard InChI is InChI=1S/C21H23ClN2O4S/c1-13-4-6-15(7-5-13)23-20(25)12-29-14(2)21(26)24-17-11-19-18(10-16(17)22)27-8-3-9-28-19/h4-7,10-11,14H,3,8-9,12H2,1-2H3,(H,23,25)(H,24,26). The normalized spacial score (nSPS) is 13.9. The maximum Gasteiger partial charge on any atom is 0.237 e. The molecule has 0 saturated heterocycles. The van der Waals surface area contributed by atoms with Crippen molar-refractivity contribution in [1.82, 2.24) is 0 Å². The minimum absolute atomic E-state index is 0.160. The number of ether oxygens (including phenoxy) is 2. The number of aryl methyl sites for hydroxylation is 1. The van der Waals surface area contributed by atoms with E-state index in [1.54, 1.807) is 19.1 Å². The molecule has 2 amide bonds. The largest absolute Gasteiger partial charge is 0.490 e. The van der Waals surface area contributed by atoms with Crippen LogP contribution in [0.15, 0.2) is 36.4 Å². The van der Waals surface area contributed by atoms with Gasteiger partial charge in [-0.25, -0.2) is 0 Å². The molecule has 1 aliphatic rings. The number of rotatable bonds is 6. The van der Waals surface area contributed by atoms with Crippen LogP contribution in [-0.2, 0) is 9.59 Å². The molecule has 0 fully saturated rings. The van der Waals surface area contributed by atoms with Gasteiger partial charge in [0.2, 0.25) is 11.8 Å². The Kier molecular flexibility index (Phi) is 7.28. The summed E-state index contributed by atoms with van der Waals surface area (Å²) in [5, 5.41) is 5.55. The molecule has 1 heterocycles. The SMILES string of the molecule is Cc1ccc(NC(=O)CSC(C)C(=O)Nc2cc3c(cc2Cl)OCCCO3)cc1. The number of hydrogen-bond donors (Lipinski definition) is 2. The highest BCUT2D eigenvalue weighted by Gasteiger charge is 2.19. The van der Waals surface area contributed by atoms with Crippen molar-refractivity contribution in [1.29, 1.82) is 0 Å². The predicted octanol–water partition coefficient (Wildman–Crippen LogP) is 4.51. The molecule has 2 aromatic carbocycles. The van der Waals surface area contributed by atoms with Crippen molar-refractivity contribution in [3.05, 3.63) is 47.0 Å². The Labute approximate surface area is 179 Å². The second kappa shape index (κ2) is 9.89. The first-order valence-corrected chi connectivity index (χ1v) is 10.7. The van der Waals surface area contributed by atoms with Crippen LogP contribution in [-0.4, -0.2) is 36.0 Å². The van der Waals surface area contributed by atoms with Crippen LogP contribution in [0.2, 0.25) is 5.02 Å². The lowest BCUT2D eigenvalue weighted by molar-refractivity contribution is -0.115. The molecule has 2 N–H and O–H groups in total. The van der Waals surface area contributed by atoms with Crippen molar-refractivity contribution in [3.63, 3.8) is 0 Å². The molecule has 0 bridgehead atoms. The lowest BCUT2D eigenvalue weighted by Gasteiger charge is -2.15. The van der Waals surface area contributed by atoms with Crippen LogP contribution in [0.3, 0.4) is 0 Å². The number of anilines is 2. The Morgan fingerprint density at radius 2 is 1.76 bits per heavy atom. The summed E-state index contributed by atoms with van der Waals surface area (Å²) in [5.41, 5.74) is 2.31. The van der Waals surface area contributed by atoms with Crippen LogP contribution in [0, 0.1) is 6.92 Å². The second-order valence-electron chi connectivity index (χ2n) is 6.69. The molecular weight excluding hydrogens is 412 g/mol. The van der Waals surface area contributed by atoms with Gasteiger partial charge in [0.1, 0.15) is 0 Å². The molecule has 0 aliphatic carbocycles. The van der Waals surface area contributed by atoms with Gasteiger partial charge in [0.25, 0.3) is 0 Å². The Balaban J connectivity index is 1.53. The number of carbonyl (C=O) groups excluding carboxylic acids is 2. The highest BCUT2D eigenvalue weighted by molar-refractivity contribution is 8.01. The van der Waals surface area contributed by atoms with Gasteiger partial charge in [-0.3, -0.25) is 9.59 Å². The van der Waals surface area contributed by atoms with E-state index in [-0.39, 0.29) is 17.6 Å². The number of nitrogens with one attached hydrogen (secondary N) is 2. The number of hydrogen-bond acceptors (Lipinski definition) is 5. The highest BCUT2D eigenvalue weighted by Crippen LogP contribution is 2.37. The zero-order chi connectivity index (χ0) is 20.8. The minimum atomic E-state index is -0.439. The maximum absolute atomic E-state index is 12.5. The summed E-state index contributed by atoms with van der Waals surface area (Å²) in [4.78, 5) is 24.6. The fraction of sp³-hybridized carbons (Fsp3) is 0.333. The Hall–Kier alpha value is -2.38. The third kappa shape index (κ3) is 6.05. The molecule has 29 heavy (non-hydrogen) atoms. The number of fused-ring (bicyclic) bond motifs is 1. The van der Waals surface area contributed by atoms with E-state index in [4.69, 9.17) is 21.1 Å². The first-order valence-electron chi connectivity index (χ1n) is 9.30. The Bertz CT molecular complexity index is 889. The fourth-order valence-electron chi connectivity index (χ4n) is 2.62. The third-order valence-electron chi connectivity index (χ3n) is 4.26. The van der Waals surface area contributed by atoms with Crippen molar-refractivity contribution in [3.8, 4) is 11.5 Å². The Morgan fingerprint density at radius 1 is 1.10 bits per heavy atom. The van der Waals surface area contributed by atoms with Gasteiger partial charge in [-0.15, -0.1) is 11.8 Å². The molecule has 0 radical (unpaired) electrons.